The third kappa shape index (κ3) is 4.30. The number of halogens is 1. The maximum absolute atomic E-state index is 12.4. The van der Waals surface area contributed by atoms with Crippen LogP contribution in [0.25, 0.3) is 0 Å². The fraction of sp³-hybridized carbons (Fsp3) is 0.214. The van der Waals surface area contributed by atoms with Gasteiger partial charge in [-0.3, -0.25) is 4.79 Å². The predicted molar refractivity (Wildman–Crippen MR) is 85.5 cm³/mol. The minimum Gasteiger partial charge on any atom is -0.469 e. The average Bonchev–Trinajstić information content (AvgIpc) is 3.00. The van der Waals surface area contributed by atoms with Crippen molar-refractivity contribution in [1.29, 1.82) is 0 Å². The second kappa shape index (κ2) is 7.23. The molecule has 0 amide bonds. The lowest BCUT2D eigenvalue weighted by Crippen LogP contribution is -2.30. The molecule has 0 radical (unpaired) electrons. The van der Waals surface area contributed by atoms with Gasteiger partial charge in [0.2, 0.25) is 10.0 Å². The van der Waals surface area contributed by atoms with Crippen LogP contribution in [0, 0.1) is 0 Å². The van der Waals surface area contributed by atoms with E-state index in [0.717, 1.165) is 4.88 Å². The van der Waals surface area contributed by atoms with Crippen molar-refractivity contribution in [2.24, 2.45) is 0 Å². The van der Waals surface area contributed by atoms with E-state index >= 15 is 0 Å². The Morgan fingerprint density at radius 1 is 1.36 bits per heavy atom. The van der Waals surface area contributed by atoms with Crippen LogP contribution in [-0.4, -0.2) is 21.5 Å². The van der Waals surface area contributed by atoms with E-state index in [4.69, 9.17) is 11.6 Å². The van der Waals surface area contributed by atoms with Crippen molar-refractivity contribution in [3.63, 3.8) is 0 Å². The Morgan fingerprint density at radius 3 is 2.73 bits per heavy atom. The van der Waals surface area contributed by atoms with Crippen molar-refractivity contribution in [3.8, 4) is 0 Å². The highest BCUT2D eigenvalue weighted by Crippen LogP contribution is 2.25. The molecule has 1 aromatic carbocycles. The number of esters is 1. The Kier molecular flexibility index (Phi) is 5.57. The molecule has 22 heavy (non-hydrogen) atoms. The summed E-state index contributed by atoms with van der Waals surface area (Å²) in [6.45, 7) is 0. The quantitative estimate of drug-likeness (QED) is 0.805. The first-order valence-electron chi connectivity index (χ1n) is 6.30. The van der Waals surface area contributed by atoms with E-state index in [1.54, 1.807) is 24.3 Å². The average molecular weight is 360 g/mol. The normalized spacial score (nSPS) is 12.8. The van der Waals surface area contributed by atoms with Crippen LogP contribution in [0.4, 0.5) is 0 Å². The fourth-order valence-corrected chi connectivity index (χ4v) is 4.20. The third-order valence-corrected chi connectivity index (χ3v) is 5.58. The molecular formula is C14H14ClNO4S2. The van der Waals surface area contributed by atoms with E-state index in [-0.39, 0.29) is 11.3 Å². The number of hydrogen-bond donors (Lipinski definition) is 1. The molecule has 118 valence electrons. The van der Waals surface area contributed by atoms with Gasteiger partial charge in [0.15, 0.2) is 0 Å². The number of hydrogen-bond acceptors (Lipinski definition) is 5. The number of benzene rings is 1. The monoisotopic (exact) mass is 359 g/mol. The summed E-state index contributed by atoms with van der Waals surface area (Å²) in [6.07, 6.45) is -0.0865. The first-order chi connectivity index (χ1) is 10.4. The van der Waals surface area contributed by atoms with Crippen LogP contribution in [0.5, 0.6) is 0 Å². The summed E-state index contributed by atoms with van der Waals surface area (Å²) < 4.78 is 32.0. The van der Waals surface area contributed by atoms with Crippen molar-refractivity contribution < 1.29 is 17.9 Å². The zero-order chi connectivity index (χ0) is 16.2. The smallest absolute Gasteiger partial charge is 0.307 e. The summed E-state index contributed by atoms with van der Waals surface area (Å²) in [5, 5.41) is 2.14. The number of thiophene rings is 1. The first kappa shape index (κ1) is 17.0. The summed E-state index contributed by atoms with van der Waals surface area (Å²) in [6, 6.07) is 8.81. The highest BCUT2D eigenvalue weighted by Gasteiger charge is 2.24. The number of rotatable bonds is 6. The molecule has 0 bridgehead atoms. The number of carbonyl (C=O) groups excluding carboxylic acids is 1. The lowest BCUT2D eigenvalue weighted by Gasteiger charge is -2.16. The van der Waals surface area contributed by atoms with Gasteiger partial charge >= 0.3 is 5.97 Å². The van der Waals surface area contributed by atoms with Gasteiger partial charge in [-0.15, -0.1) is 11.3 Å². The predicted octanol–water partition coefficient (Wildman–Crippen LogP) is 2.98. The number of sulfonamides is 1. The topological polar surface area (TPSA) is 72.5 Å². The van der Waals surface area contributed by atoms with Gasteiger partial charge in [-0.05, 0) is 29.6 Å². The summed E-state index contributed by atoms with van der Waals surface area (Å²) in [5.41, 5.74) is 0. The second-order valence-electron chi connectivity index (χ2n) is 4.43. The Labute approximate surface area is 137 Å². The van der Waals surface area contributed by atoms with Gasteiger partial charge in [-0.1, -0.05) is 23.7 Å². The highest BCUT2D eigenvalue weighted by atomic mass is 35.5. The number of methoxy groups -OCH3 is 1. The van der Waals surface area contributed by atoms with Gasteiger partial charge in [-0.2, -0.15) is 0 Å². The molecule has 2 rings (SSSR count). The zero-order valence-electron chi connectivity index (χ0n) is 11.7. The fourth-order valence-electron chi connectivity index (χ4n) is 1.83. The van der Waals surface area contributed by atoms with Crippen molar-refractivity contribution >= 4 is 38.9 Å². The maximum atomic E-state index is 12.4. The molecule has 5 nitrogen and oxygen atoms in total. The van der Waals surface area contributed by atoms with Crippen LogP contribution in [0.3, 0.4) is 0 Å². The SMILES string of the molecule is COC(=O)C[C@@H](NS(=O)(=O)c1cccc(Cl)c1)c1cccs1. The molecule has 8 heteroatoms. The van der Waals surface area contributed by atoms with Crippen molar-refractivity contribution in [1.82, 2.24) is 4.72 Å². The molecule has 1 aromatic heterocycles. The summed E-state index contributed by atoms with van der Waals surface area (Å²) in [7, 11) is -2.53. The Hall–Kier alpha value is -1.41. The standard InChI is InChI=1S/C14H14ClNO4S2/c1-20-14(17)9-12(13-6-3-7-21-13)16-22(18,19)11-5-2-4-10(15)8-11/h2-8,12,16H,9H2,1H3/t12-/m1/s1. The molecule has 0 unspecified atom stereocenters. The number of ether oxygens (including phenoxy) is 1. The van der Waals surface area contributed by atoms with E-state index in [0.29, 0.717) is 5.02 Å². The number of nitrogens with one attached hydrogen (secondary N) is 1. The van der Waals surface area contributed by atoms with E-state index in [2.05, 4.69) is 9.46 Å². The van der Waals surface area contributed by atoms with Crippen LogP contribution >= 0.6 is 22.9 Å². The molecule has 1 heterocycles. The van der Waals surface area contributed by atoms with Crippen molar-refractivity contribution in [2.45, 2.75) is 17.4 Å². The van der Waals surface area contributed by atoms with E-state index in [1.807, 2.05) is 5.38 Å². The summed E-state index contributed by atoms with van der Waals surface area (Å²) in [5.74, 6) is -0.493. The van der Waals surface area contributed by atoms with Crippen LogP contribution in [-0.2, 0) is 19.6 Å². The van der Waals surface area contributed by atoms with Gasteiger partial charge in [0.05, 0.1) is 24.5 Å². The Morgan fingerprint density at radius 2 is 2.14 bits per heavy atom. The molecular weight excluding hydrogens is 346 g/mol. The van der Waals surface area contributed by atoms with Gasteiger partial charge in [-0.25, -0.2) is 13.1 Å². The Balaban J connectivity index is 2.28. The molecule has 0 aliphatic rings. The molecule has 0 spiro atoms. The van der Waals surface area contributed by atoms with Crippen LogP contribution < -0.4 is 4.72 Å². The highest BCUT2D eigenvalue weighted by molar-refractivity contribution is 7.89. The molecule has 0 fully saturated rings. The van der Waals surface area contributed by atoms with Crippen LogP contribution in [0.1, 0.15) is 17.3 Å². The third-order valence-electron chi connectivity index (χ3n) is 2.89. The van der Waals surface area contributed by atoms with Crippen molar-refractivity contribution in [2.75, 3.05) is 7.11 Å². The molecule has 1 atom stereocenters. The molecule has 0 saturated carbocycles. The minimum atomic E-state index is -3.80. The first-order valence-corrected chi connectivity index (χ1v) is 9.04. The van der Waals surface area contributed by atoms with Crippen LogP contribution in [0.2, 0.25) is 5.02 Å². The zero-order valence-corrected chi connectivity index (χ0v) is 14.0. The van der Waals surface area contributed by atoms with Gasteiger partial charge < -0.3 is 4.74 Å². The Bertz CT molecular complexity index is 744. The van der Waals surface area contributed by atoms with Crippen LogP contribution in [0.15, 0.2) is 46.7 Å². The lowest BCUT2D eigenvalue weighted by atomic mass is 10.2. The summed E-state index contributed by atoms with van der Waals surface area (Å²) >= 11 is 7.19. The van der Waals surface area contributed by atoms with Gasteiger partial charge in [0.25, 0.3) is 0 Å². The van der Waals surface area contributed by atoms with E-state index in [9.17, 15) is 13.2 Å². The summed E-state index contributed by atoms with van der Waals surface area (Å²) in [4.78, 5) is 12.3. The van der Waals surface area contributed by atoms with Gasteiger partial charge in [0, 0.05) is 9.90 Å². The number of carbonyl (C=O) groups is 1. The molecule has 0 saturated heterocycles. The van der Waals surface area contributed by atoms with Crippen molar-refractivity contribution in [3.05, 3.63) is 51.7 Å². The lowest BCUT2D eigenvalue weighted by molar-refractivity contribution is -0.141. The van der Waals surface area contributed by atoms with E-state index < -0.39 is 22.0 Å². The maximum Gasteiger partial charge on any atom is 0.307 e. The second-order valence-corrected chi connectivity index (χ2v) is 7.56. The molecule has 0 aliphatic carbocycles. The van der Waals surface area contributed by atoms with E-state index in [1.165, 1.54) is 30.6 Å². The minimum absolute atomic E-state index is 0.0476. The van der Waals surface area contributed by atoms with Gasteiger partial charge in [0.1, 0.15) is 0 Å². The largest absolute Gasteiger partial charge is 0.469 e. The molecule has 2 aromatic rings. The molecule has 1 N–H and O–H groups in total. The molecule has 0 aliphatic heterocycles.